The zero-order valence-electron chi connectivity index (χ0n) is 15.7. The number of aliphatic hydroxyl groups is 3. The highest BCUT2D eigenvalue weighted by Gasteiger charge is 2.79. The number of hydrogen-bond donors (Lipinski definition) is 3. The van der Waals surface area contributed by atoms with Crippen LogP contribution in [-0.2, 0) is 14.3 Å². The van der Waals surface area contributed by atoms with Crippen molar-refractivity contribution in [3.05, 3.63) is 23.8 Å². The second-order valence-electron chi connectivity index (χ2n) is 9.40. The van der Waals surface area contributed by atoms with Crippen molar-refractivity contribution in [2.75, 3.05) is 13.2 Å². The standard InChI is InChI=1S/C21H25FO6/c1-19-3-2-10(24)4-13(19)14(22)5-11-12-6-16(26)21(17(27)8-23)20(12,9-28-21)7-15(25)18(11)19/h2-4,11-12,14-16,18,23,25-26H,5-9H2,1H3/t11?,12-,14-,15-,16+,18+,19-,20+,21-/m0/s1. The van der Waals surface area contributed by atoms with Crippen molar-refractivity contribution >= 4 is 11.6 Å². The molecule has 5 rings (SSSR count). The molecule has 0 radical (unpaired) electrons. The molecule has 1 heterocycles. The average Bonchev–Trinajstić information content (AvgIpc) is 2.80. The van der Waals surface area contributed by atoms with Crippen LogP contribution >= 0.6 is 0 Å². The molecule has 0 aromatic heterocycles. The Bertz CT molecular complexity index is 822. The molecule has 28 heavy (non-hydrogen) atoms. The van der Waals surface area contributed by atoms with E-state index in [0.29, 0.717) is 5.57 Å². The Labute approximate surface area is 162 Å². The molecule has 6 nitrogen and oxygen atoms in total. The summed E-state index contributed by atoms with van der Waals surface area (Å²) in [7, 11) is 0. The van der Waals surface area contributed by atoms with Crippen LogP contribution in [0.4, 0.5) is 4.39 Å². The van der Waals surface area contributed by atoms with Gasteiger partial charge in [-0.2, -0.15) is 0 Å². The third-order valence-electron chi connectivity index (χ3n) is 8.50. The van der Waals surface area contributed by atoms with Crippen LogP contribution in [0, 0.1) is 28.6 Å². The second-order valence-corrected chi connectivity index (χ2v) is 9.40. The molecular weight excluding hydrogens is 367 g/mol. The molecule has 5 aliphatic rings. The summed E-state index contributed by atoms with van der Waals surface area (Å²) in [6.07, 6.45) is 1.95. The number of allylic oxidation sites excluding steroid dienone is 4. The molecule has 4 aliphatic carbocycles. The lowest BCUT2D eigenvalue weighted by atomic mass is 9.44. The van der Waals surface area contributed by atoms with Crippen molar-refractivity contribution in [1.29, 1.82) is 0 Å². The average molecular weight is 392 g/mol. The van der Waals surface area contributed by atoms with Gasteiger partial charge in [0.2, 0.25) is 0 Å². The normalized spacial score (nSPS) is 54.0. The third-order valence-corrected chi connectivity index (χ3v) is 8.50. The number of Topliss-reactive ketones (excluding diaryl/α,β-unsaturated/α-hetero) is 1. The van der Waals surface area contributed by atoms with Gasteiger partial charge in [0.25, 0.3) is 0 Å². The number of ether oxygens (including phenoxy) is 1. The van der Waals surface area contributed by atoms with E-state index in [0.717, 1.165) is 0 Å². The minimum atomic E-state index is -1.50. The minimum Gasteiger partial charge on any atom is -0.393 e. The highest BCUT2D eigenvalue weighted by molar-refractivity contribution is 6.01. The van der Waals surface area contributed by atoms with Gasteiger partial charge in [-0.25, -0.2) is 4.39 Å². The van der Waals surface area contributed by atoms with Gasteiger partial charge in [-0.15, -0.1) is 0 Å². The first kappa shape index (κ1) is 18.6. The largest absolute Gasteiger partial charge is 0.393 e. The van der Waals surface area contributed by atoms with Gasteiger partial charge in [0, 0.05) is 16.7 Å². The topological polar surface area (TPSA) is 104 Å². The fourth-order valence-electron chi connectivity index (χ4n) is 7.46. The first-order chi connectivity index (χ1) is 13.2. The Morgan fingerprint density at radius 2 is 2.11 bits per heavy atom. The summed E-state index contributed by atoms with van der Waals surface area (Å²) in [5, 5.41) is 31.4. The zero-order chi connectivity index (χ0) is 20.1. The number of carbonyl (C=O) groups excluding carboxylic acids is 2. The SMILES string of the molecule is C[C@]12C=CC(=O)C=C1[C@@H](F)CC1[C@@H]2[C@@H](O)C[C@]23CO[C@]2(C(=O)CO)[C@H](O)C[C@@H]13. The smallest absolute Gasteiger partial charge is 0.193 e. The Morgan fingerprint density at radius 1 is 1.36 bits per heavy atom. The number of ketones is 2. The Morgan fingerprint density at radius 3 is 2.75 bits per heavy atom. The molecule has 0 amide bonds. The number of halogens is 1. The lowest BCUT2D eigenvalue weighted by Crippen LogP contribution is -2.74. The van der Waals surface area contributed by atoms with E-state index < -0.39 is 47.2 Å². The summed E-state index contributed by atoms with van der Waals surface area (Å²) in [5.74, 6) is -1.57. The molecule has 1 aliphatic heterocycles. The van der Waals surface area contributed by atoms with Crippen molar-refractivity contribution in [2.24, 2.45) is 28.6 Å². The van der Waals surface area contributed by atoms with E-state index in [1.165, 1.54) is 12.2 Å². The fraction of sp³-hybridized carbons (Fsp3) is 0.714. The van der Waals surface area contributed by atoms with Crippen LogP contribution < -0.4 is 0 Å². The molecule has 1 spiro atoms. The lowest BCUT2D eigenvalue weighted by Gasteiger charge is -2.65. The van der Waals surface area contributed by atoms with Gasteiger partial charge in [0.15, 0.2) is 17.2 Å². The molecule has 7 heteroatoms. The first-order valence-corrected chi connectivity index (χ1v) is 9.95. The maximum Gasteiger partial charge on any atom is 0.193 e. The molecule has 3 N–H and O–H groups in total. The van der Waals surface area contributed by atoms with Crippen molar-refractivity contribution in [3.8, 4) is 0 Å². The second kappa shape index (κ2) is 5.59. The molecule has 4 fully saturated rings. The van der Waals surface area contributed by atoms with E-state index in [1.54, 1.807) is 6.08 Å². The van der Waals surface area contributed by atoms with E-state index in [4.69, 9.17) is 4.74 Å². The van der Waals surface area contributed by atoms with Gasteiger partial charge >= 0.3 is 0 Å². The molecule has 1 unspecified atom stereocenters. The molecule has 3 saturated carbocycles. The predicted octanol–water partition coefficient (Wildman–Crippen LogP) is 0.494. The van der Waals surface area contributed by atoms with Crippen LogP contribution in [0.25, 0.3) is 0 Å². The quantitative estimate of drug-likeness (QED) is 0.632. The number of fused-ring (bicyclic) bond motifs is 4. The highest BCUT2D eigenvalue weighted by Crippen LogP contribution is 2.71. The van der Waals surface area contributed by atoms with E-state index in [1.807, 2.05) is 6.92 Å². The summed E-state index contributed by atoms with van der Waals surface area (Å²) in [4.78, 5) is 24.4. The Hall–Kier alpha value is -1.41. The Kier molecular flexibility index (Phi) is 3.72. The van der Waals surface area contributed by atoms with E-state index in [-0.39, 0.29) is 49.4 Å². The molecular formula is C21H25FO6. The lowest BCUT2D eigenvalue weighted by molar-refractivity contribution is -0.302. The monoisotopic (exact) mass is 392 g/mol. The van der Waals surface area contributed by atoms with Gasteiger partial charge in [-0.1, -0.05) is 13.0 Å². The molecule has 152 valence electrons. The maximum absolute atomic E-state index is 15.2. The van der Waals surface area contributed by atoms with E-state index in [2.05, 4.69) is 0 Å². The zero-order valence-corrected chi connectivity index (χ0v) is 15.7. The van der Waals surface area contributed by atoms with Crippen molar-refractivity contribution in [1.82, 2.24) is 0 Å². The van der Waals surface area contributed by atoms with Crippen LogP contribution in [0.1, 0.15) is 26.2 Å². The van der Waals surface area contributed by atoms with Gasteiger partial charge < -0.3 is 20.1 Å². The summed E-state index contributed by atoms with van der Waals surface area (Å²) >= 11 is 0. The Balaban J connectivity index is 1.60. The van der Waals surface area contributed by atoms with Crippen molar-refractivity contribution in [2.45, 2.75) is 50.2 Å². The van der Waals surface area contributed by atoms with Gasteiger partial charge in [0.05, 0.1) is 18.8 Å². The predicted molar refractivity (Wildman–Crippen MR) is 94.8 cm³/mol. The van der Waals surface area contributed by atoms with Gasteiger partial charge in [-0.3, -0.25) is 9.59 Å². The first-order valence-electron chi connectivity index (χ1n) is 9.95. The number of aliphatic hydroxyl groups excluding tert-OH is 3. The summed E-state index contributed by atoms with van der Waals surface area (Å²) in [5.41, 5.74) is -2.64. The molecule has 0 aromatic rings. The van der Waals surface area contributed by atoms with Crippen LogP contribution in [0.2, 0.25) is 0 Å². The van der Waals surface area contributed by atoms with Gasteiger partial charge in [0.1, 0.15) is 12.8 Å². The third kappa shape index (κ3) is 1.87. The summed E-state index contributed by atoms with van der Waals surface area (Å²) in [6.45, 7) is 1.34. The molecule has 1 saturated heterocycles. The maximum atomic E-state index is 15.2. The van der Waals surface area contributed by atoms with Crippen molar-refractivity contribution in [3.63, 3.8) is 0 Å². The van der Waals surface area contributed by atoms with E-state index >= 15 is 4.39 Å². The van der Waals surface area contributed by atoms with Crippen LogP contribution in [-0.4, -0.2) is 64.1 Å². The van der Waals surface area contributed by atoms with Gasteiger partial charge in [-0.05, 0) is 48.8 Å². The summed E-state index contributed by atoms with van der Waals surface area (Å²) < 4.78 is 20.8. The molecule has 0 bridgehead atoms. The molecule has 9 atom stereocenters. The number of hydrogen-bond acceptors (Lipinski definition) is 6. The van der Waals surface area contributed by atoms with Crippen LogP contribution in [0.15, 0.2) is 23.8 Å². The number of alkyl halides is 1. The number of carbonyl (C=O) groups is 2. The van der Waals surface area contributed by atoms with E-state index in [9.17, 15) is 24.9 Å². The van der Waals surface area contributed by atoms with Crippen LogP contribution in [0.5, 0.6) is 0 Å². The number of rotatable bonds is 2. The molecule has 0 aromatic carbocycles. The fourth-order valence-corrected chi connectivity index (χ4v) is 7.46. The summed E-state index contributed by atoms with van der Waals surface area (Å²) in [6, 6.07) is 0. The van der Waals surface area contributed by atoms with Crippen LogP contribution in [0.3, 0.4) is 0 Å². The van der Waals surface area contributed by atoms with Crippen molar-refractivity contribution < 1.29 is 34.0 Å². The highest BCUT2D eigenvalue weighted by atomic mass is 19.1. The minimum absolute atomic E-state index is 0.146.